The van der Waals surface area contributed by atoms with Gasteiger partial charge in [-0.1, -0.05) is 22.4 Å². The number of hydrogen-bond donors (Lipinski definition) is 0. The summed E-state index contributed by atoms with van der Waals surface area (Å²) in [7, 11) is 0. The molecule has 2 aliphatic rings. The summed E-state index contributed by atoms with van der Waals surface area (Å²) < 4.78 is 0. The minimum absolute atomic E-state index is 0.843. The third kappa shape index (κ3) is 1.05. The third-order valence-corrected chi connectivity index (χ3v) is 5.43. The molecule has 9 heavy (non-hydrogen) atoms. The van der Waals surface area contributed by atoms with Crippen LogP contribution in [-0.4, -0.2) is 15.8 Å². The van der Waals surface area contributed by atoms with Crippen molar-refractivity contribution >= 4 is 27.7 Å². The molecule has 1 heterocycles. The van der Waals surface area contributed by atoms with Gasteiger partial charge in [0.2, 0.25) is 0 Å². The molecule has 2 rings (SSSR count). The summed E-state index contributed by atoms with van der Waals surface area (Å²) in [5.41, 5.74) is 0. The van der Waals surface area contributed by atoms with Crippen LogP contribution in [0.2, 0.25) is 0 Å². The van der Waals surface area contributed by atoms with Gasteiger partial charge in [0.15, 0.2) is 0 Å². The number of fused-ring (bicyclic) bond motifs is 1. The highest BCUT2D eigenvalue weighted by molar-refractivity contribution is 9.09. The molecule has 0 amide bonds. The molecular weight excluding hydrogens is 196 g/mol. The minimum Gasteiger partial charge on any atom is -0.157 e. The molecule has 1 aliphatic heterocycles. The van der Waals surface area contributed by atoms with Gasteiger partial charge in [-0.3, -0.25) is 0 Å². The maximum absolute atomic E-state index is 3.72. The number of alkyl halides is 1. The van der Waals surface area contributed by atoms with Crippen LogP contribution in [0.1, 0.15) is 19.3 Å². The molecule has 1 aliphatic carbocycles. The van der Waals surface area contributed by atoms with Crippen molar-refractivity contribution in [1.82, 2.24) is 0 Å². The lowest BCUT2D eigenvalue weighted by atomic mass is 10.1. The maximum atomic E-state index is 3.72. The molecule has 52 valence electrons. The Balaban J connectivity index is 2.07. The first-order valence-corrected chi connectivity index (χ1v) is 5.60. The highest BCUT2D eigenvalue weighted by atomic mass is 79.9. The van der Waals surface area contributed by atoms with E-state index in [1.165, 1.54) is 25.0 Å². The van der Waals surface area contributed by atoms with Gasteiger partial charge in [0.25, 0.3) is 0 Å². The number of halogens is 1. The maximum Gasteiger partial charge on any atom is 0.0275 e. The lowest BCUT2D eigenvalue weighted by molar-refractivity contribution is 0.589. The Kier molecular flexibility index (Phi) is 1.79. The smallest absolute Gasteiger partial charge is 0.0275 e. The van der Waals surface area contributed by atoms with E-state index in [0.717, 1.165) is 16.0 Å². The normalized spacial score (nSPS) is 49.7. The van der Waals surface area contributed by atoms with Gasteiger partial charge in [0.05, 0.1) is 0 Å². The van der Waals surface area contributed by atoms with Crippen molar-refractivity contribution in [2.75, 3.05) is 5.75 Å². The largest absolute Gasteiger partial charge is 0.157 e. The second-order valence-electron chi connectivity index (χ2n) is 2.98. The summed E-state index contributed by atoms with van der Waals surface area (Å²) in [6.45, 7) is 0. The fraction of sp³-hybridized carbons (Fsp3) is 1.00. The van der Waals surface area contributed by atoms with E-state index in [1.807, 2.05) is 0 Å². The molecule has 0 bridgehead atoms. The predicted molar refractivity (Wildman–Crippen MR) is 46.3 cm³/mol. The molecule has 2 fully saturated rings. The molecule has 3 atom stereocenters. The van der Waals surface area contributed by atoms with E-state index in [9.17, 15) is 0 Å². The molecule has 0 aromatic carbocycles. The van der Waals surface area contributed by atoms with Gasteiger partial charge in [-0.05, 0) is 18.8 Å². The SMILES string of the molecule is BrC1CSC2CCCC12. The zero-order valence-electron chi connectivity index (χ0n) is 5.35. The van der Waals surface area contributed by atoms with Crippen molar-refractivity contribution in [2.45, 2.75) is 29.3 Å². The molecule has 3 unspecified atom stereocenters. The summed E-state index contributed by atoms with van der Waals surface area (Å²) in [5, 5.41) is 1.02. The molecule has 1 saturated carbocycles. The summed E-state index contributed by atoms with van der Waals surface area (Å²) >= 11 is 5.90. The Morgan fingerprint density at radius 2 is 2.22 bits per heavy atom. The Bertz CT molecular complexity index is 115. The molecule has 0 spiro atoms. The van der Waals surface area contributed by atoms with Crippen LogP contribution in [0.5, 0.6) is 0 Å². The number of hydrogen-bond acceptors (Lipinski definition) is 1. The second kappa shape index (κ2) is 2.46. The highest BCUT2D eigenvalue weighted by Crippen LogP contribution is 2.46. The highest BCUT2D eigenvalue weighted by Gasteiger charge is 2.38. The molecule has 1 saturated heterocycles. The quantitative estimate of drug-likeness (QED) is 0.550. The third-order valence-electron chi connectivity index (χ3n) is 2.44. The molecule has 0 aromatic rings. The van der Waals surface area contributed by atoms with E-state index in [1.54, 1.807) is 0 Å². The standard InChI is InChI=1S/C7H11BrS/c8-6-4-9-7-3-1-2-5(6)7/h5-7H,1-4H2. The summed E-state index contributed by atoms with van der Waals surface area (Å²) in [6.07, 6.45) is 4.44. The lowest BCUT2D eigenvalue weighted by Crippen LogP contribution is -2.11. The second-order valence-corrected chi connectivity index (χ2v) is 5.43. The van der Waals surface area contributed by atoms with Crippen molar-refractivity contribution in [3.05, 3.63) is 0 Å². The molecule has 0 aromatic heterocycles. The molecule has 0 N–H and O–H groups in total. The van der Waals surface area contributed by atoms with Crippen molar-refractivity contribution < 1.29 is 0 Å². The van der Waals surface area contributed by atoms with Gasteiger partial charge in [0.1, 0.15) is 0 Å². The van der Waals surface area contributed by atoms with Crippen molar-refractivity contribution in [2.24, 2.45) is 5.92 Å². The molecule has 2 heteroatoms. The number of rotatable bonds is 0. The molecule has 0 radical (unpaired) electrons. The average Bonchev–Trinajstić information content (AvgIpc) is 2.35. The topological polar surface area (TPSA) is 0 Å². The van der Waals surface area contributed by atoms with Crippen LogP contribution in [0.15, 0.2) is 0 Å². The van der Waals surface area contributed by atoms with E-state index in [-0.39, 0.29) is 0 Å². The van der Waals surface area contributed by atoms with Crippen molar-refractivity contribution in [1.29, 1.82) is 0 Å². The van der Waals surface area contributed by atoms with Crippen LogP contribution in [0.25, 0.3) is 0 Å². The first-order valence-electron chi connectivity index (χ1n) is 3.63. The fourth-order valence-corrected chi connectivity index (χ4v) is 4.79. The minimum atomic E-state index is 0.843. The van der Waals surface area contributed by atoms with Crippen LogP contribution in [-0.2, 0) is 0 Å². The van der Waals surface area contributed by atoms with Gasteiger partial charge in [-0.2, -0.15) is 11.8 Å². The van der Waals surface area contributed by atoms with Gasteiger partial charge in [0, 0.05) is 15.8 Å². The molecule has 0 nitrogen and oxygen atoms in total. The average molecular weight is 207 g/mol. The van der Waals surface area contributed by atoms with Crippen LogP contribution in [0.3, 0.4) is 0 Å². The van der Waals surface area contributed by atoms with E-state index in [0.29, 0.717) is 0 Å². The van der Waals surface area contributed by atoms with E-state index < -0.39 is 0 Å². The predicted octanol–water partition coefficient (Wildman–Crippen LogP) is 2.67. The Morgan fingerprint density at radius 1 is 1.33 bits per heavy atom. The zero-order valence-corrected chi connectivity index (χ0v) is 7.75. The van der Waals surface area contributed by atoms with Crippen LogP contribution >= 0.6 is 27.7 Å². The monoisotopic (exact) mass is 206 g/mol. The Labute approximate surface area is 68.9 Å². The van der Waals surface area contributed by atoms with E-state index in [4.69, 9.17) is 0 Å². The van der Waals surface area contributed by atoms with E-state index >= 15 is 0 Å². The van der Waals surface area contributed by atoms with Gasteiger partial charge >= 0.3 is 0 Å². The Morgan fingerprint density at radius 3 is 3.00 bits per heavy atom. The van der Waals surface area contributed by atoms with Crippen LogP contribution in [0.4, 0.5) is 0 Å². The number of thioether (sulfide) groups is 1. The first-order chi connectivity index (χ1) is 4.38. The summed E-state index contributed by atoms with van der Waals surface area (Å²) in [5.74, 6) is 2.38. The van der Waals surface area contributed by atoms with Crippen molar-refractivity contribution in [3.63, 3.8) is 0 Å². The Hall–Kier alpha value is 0.830. The first kappa shape index (κ1) is 6.53. The van der Waals surface area contributed by atoms with Crippen molar-refractivity contribution in [3.8, 4) is 0 Å². The van der Waals surface area contributed by atoms with Gasteiger partial charge in [-0.25, -0.2) is 0 Å². The van der Waals surface area contributed by atoms with Crippen LogP contribution < -0.4 is 0 Å². The summed E-state index contributed by atoms with van der Waals surface area (Å²) in [4.78, 5) is 0.843. The summed E-state index contributed by atoms with van der Waals surface area (Å²) in [6, 6.07) is 0. The molecular formula is C7H11BrS. The van der Waals surface area contributed by atoms with Crippen LogP contribution in [0, 0.1) is 5.92 Å². The van der Waals surface area contributed by atoms with Gasteiger partial charge < -0.3 is 0 Å². The fourth-order valence-electron chi connectivity index (χ4n) is 1.91. The van der Waals surface area contributed by atoms with E-state index in [2.05, 4.69) is 27.7 Å². The van der Waals surface area contributed by atoms with Gasteiger partial charge in [-0.15, -0.1) is 0 Å². The zero-order chi connectivity index (χ0) is 6.27. The lowest BCUT2D eigenvalue weighted by Gasteiger charge is -2.08.